The monoisotopic (exact) mass is 313 g/mol. The summed E-state index contributed by atoms with van der Waals surface area (Å²) >= 11 is 0. The molecule has 2 aromatic carbocycles. The molecule has 0 amide bonds. The van der Waals surface area contributed by atoms with E-state index < -0.39 is 9.04 Å². The molecule has 3 heteroatoms. The Hall–Kier alpha value is -1.42. The highest BCUT2D eigenvalue weighted by molar-refractivity contribution is 6.80. The van der Waals surface area contributed by atoms with Crippen LogP contribution in [0.15, 0.2) is 60.7 Å². The van der Waals surface area contributed by atoms with Gasteiger partial charge in [0.2, 0.25) is 9.04 Å². The van der Waals surface area contributed by atoms with Gasteiger partial charge in [0.15, 0.2) is 0 Å². The molecule has 0 fully saturated rings. The van der Waals surface area contributed by atoms with Crippen molar-refractivity contribution in [3.63, 3.8) is 0 Å². The normalized spacial score (nSPS) is 13.3. The van der Waals surface area contributed by atoms with Gasteiger partial charge in [-0.05, 0) is 29.3 Å². The summed E-state index contributed by atoms with van der Waals surface area (Å²) in [4.78, 5) is 0. The Labute approximate surface area is 136 Å². The first-order chi connectivity index (χ1) is 10.5. The Kier molecular flexibility index (Phi) is 5.95. The molecule has 2 nitrogen and oxygen atoms in total. The molecule has 0 aliphatic rings. The van der Waals surface area contributed by atoms with Crippen molar-refractivity contribution in [1.82, 2.24) is 5.32 Å². The van der Waals surface area contributed by atoms with Gasteiger partial charge in [0, 0.05) is 0 Å². The van der Waals surface area contributed by atoms with Gasteiger partial charge >= 0.3 is 0 Å². The van der Waals surface area contributed by atoms with Crippen LogP contribution in [0.1, 0.15) is 27.2 Å². The van der Waals surface area contributed by atoms with Crippen molar-refractivity contribution in [2.24, 2.45) is 5.41 Å². The van der Waals surface area contributed by atoms with Crippen molar-refractivity contribution >= 4 is 19.4 Å². The molecule has 0 saturated carbocycles. The van der Waals surface area contributed by atoms with Crippen LogP contribution < -0.4 is 15.7 Å². The topological polar surface area (TPSA) is 21.3 Å². The highest BCUT2D eigenvalue weighted by atomic mass is 28.3. The number of rotatable bonds is 6. The van der Waals surface area contributed by atoms with E-state index in [2.05, 4.69) is 86.8 Å². The Bertz CT molecular complexity index is 511. The van der Waals surface area contributed by atoms with Gasteiger partial charge < -0.3 is 4.43 Å². The zero-order chi connectivity index (χ0) is 16.0. The van der Waals surface area contributed by atoms with Gasteiger partial charge in [-0.3, -0.25) is 5.32 Å². The summed E-state index contributed by atoms with van der Waals surface area (Å²) in [5, 5.41) is 5.99. The molecular formula is C19H27NOSi. The lowest BCUT2D eigenvalue weighted by atomic mass is 9.91. The molecule has 0 spiro atoms. The fraction of sp³-hybridized carbons (Fsp3) is 0.368. The molecule has 0 heterocycles. The predicted octanol–water partition coefficient (Wildman–Crippen LogP) is 2.52. The molecule has 2 aromatic rings. The lowest BCUT2D eigenvalue weighted by molar-refractivity contribution is 0.124. The highest BCUT2D eigenvalue weighted by Gasteiger charge is 2.24. The quantitative estimate of drug-likeness (QED) is 0.653. The Balaban J connectivity index is 2.25. The minimum absolute atomic E-state index is 0.0806. The molecule has 0 aromatic heterocycles. The van der Waals surface area contributed by atoms with E-state index in [1.54, 1.807) is 0 Å². The molecule has 0 aliphatic carbocycles. The summed E-state index contributed by atoms with van der Waals surface area (Å²) in [6.45, 7) is 6.76. The van der Waals surface area contributed by atoms with Gasteiger partial charge in [0.25, 0.3) is 0 Å². The maximum absolute atomic E-state index is 6.58. The third-order valence-electron chi connectivity index (χ3n) is 3.62. The molecule has 1 N–H and O–H groups in total. The summed E-state index contributed by atoms with van der Waals surface area (Å²) in [6, 6.07) is 21.3. The summed E-state index contributed by atoms with van der Waals surface area (Å²) < 4.78 is 6.58. The highest BCUT2D eigenvalue weighted by Crippen LogP contribution is 2.21. The first-order valence-corrected chi connectivity index (χ1v) is 9.55. The maximum Gasteiger partial charge on any atom is 0.242 e. The van der Waals surface area contributed by atoms with Crippen molar-refractivity contribution in [2.75, 3.05) is 7.05 Å². The van der Waals surface area contributed by atoms with E-state index in [0.717, 1.165) is 6.42 Å². The fourth-order valence-corrected chi connectivity index (χ4v) is 4.95. The lowest BCUT2D eigenvalue weighted by Crippen LogP contribution is -2.50. The molecule has 2 rings (SSSR count). The van der Waals surface area contributed by atoms with E-state index in [1.165, 1.54) is 10.4 Å². The van der Waals surface area contributed by atoms with Crippen molar-refractivity contribution in [2.45, 2.75) is 33.4 Å². The van der Waals surface area contributed by atoms with E-state index in [4.69, 9.17) is 4.43 Å². The van der Waals surface area contributed by atoms with Crippen molar-refractivity contribution < 1.29 is 4.43 Å². The van der Waals surface area contributed by atoms with Crippen LogP contribution in [0.2, 0.25) is 0 Å². The molecule has 1 unspecified atom stereocenters. The summed E-state index contributed by atoms with van der Waals surface area (Å²) in [6.07, 6.45) is 1.07. The van der Waals surface area contributed by atoms with Crippen LogP contribution in [0, 0.1) is 5.41 Å². The van der Waals surface area contributed by atoms with Crippen LogP contribution in [0.25, 0.3) is 0 Å². The Morgan fingerprint density at radius 3 is 1.73 bits per heavy atom. The SMILES string of the molecule is CNC(CC(C)(C)C)O[SiH](c1ccccc1)c1ccccc1. The van der Waals surface area contributed by atoms with Gasteiger partial charge in [-0.1, -0.05) is 81.4 Å². The second-order valence-corrected chi connectivity index (χ2v) is 9.25. The molecule has 0 bridgehead atoms. The molecule has 1 atom stereocenters. The molecule has 0 saturated heterocycles. The second kappa shape index (κ2) is 7.72. The first kappa shape index (κ1) is 16.9. The van der Waals surface area contributed by atoms with Crippen molar-refractivity contribution in [1.29, 1.82) is 0 Å². The molecular weight excluding hydrogens is 286 g/mol. The minimum atomic E-state index is -1.68. The average Bonchev–Trinajstić information content (AvgIpc) is 2.52. The molecule has 118 valence electrons. The summed E-state index contributed by atoms with van der Waals surface area (Å²) in [7, 11) is 0.306. The maximum atomic E-state index is 6.58. The first-order valence-electron chi connectivity index (χ1n) is 7.92. The van der Waals surface area contributed by atoms with Crippen molar-refractivity contribution in [3.05, 3.63) is 60.7 Å². The standard InChI is InChI=1S/C19H27NOSi/c1-19(2,3)15-18(20-4)21-22(16-11-7-5-8-12-16)17-13-9-6-10-14-17/h5-14,18,20,22H,15H2,1-4H3. The predicted molar refractivity (Wildman–Crippen MR) is 97.3 cm³/mol. The van der Waals surface area contributed by atoms with Crippen LogP contribution >= 0.6 is 0 Å². The Morgan fingerprint density at radius 1 is 0.909 bits per heavy atom. The van der Waals surface area contributed by atoms with Crippen LogP contribution in [-0.4, -0.2) is 22.3 Å². The van der Waals surface area contributed by atoms with Gasteiger partial charge in [-0.25, -0.2) is 0 Å². The smallest absolute Gasteiger partial charge is 0.242 e. The van der Waals surface area contributed by atoms with Crippen LogP contribution in [-0.2, 0) is 4.43 Å². The van der Waals surface area contributed by atoms with Gasteiger partial charge in [-0.2, -0.15) is 0 Å². The lowest BCUT2D eigenvalue weighted by Gasteiger charge is -2.29. The van der Waals surface area contributed by atoms with Crippen LogP contribution in [0.3, 0.4) is 0 Å². The molecule has 0 radical (unpaired) electrons. The van der Waals surface area contributed by atoms with E-state index in [9.17, 15) is 0 Å². The van der Waals surface area contributed by atoms with E-state index >= 15 is 0 Å². The number of hydrogen-bond acceptors (Lipinski definition) is 2. The van der Waals surface area contributed by atoms with Crippen LogP contribution in [0.5, 0.6) is 0 Å². The van der Waals surface area contributed by atoms with E-state index in [0.29, 0.717) is 0 Å². The Morgan fingerprint density at radius 2 is 1.36 bits per heavy atom. The van der Waals surface area contributed by atoms with E-state index in [1.807, 2.05) is 7.05 Å². The molecule has 22 heavy (non-hydrogen) atoms. The van der Waals surface area contributed by atoms with Gasteiger partial charge in [-0.15, -0.1) is 0 Å². The average molecular weight is 314 g/mol. The molecule has 0 aliphatic heterocycles. The number of nitrogens with one attached hydrogen (secondary N) is 1. The number of hydrogen-bond donors (Lipinski definition) is 1. The zero-order valence-electron chi connectivity index (χ0n) is 14.0. The summed E-state index contributed by atoms with van der Waals surface area (Å²) in [5.41, 5.74) is 0.236. The summed E-state index contributed by atoms with van der Waals surface area (Å²) in [5.74, 6) is 0. The van der Waals surface area contributed by atoms with E-state index in [-0.39, 0.29) is 11.6 Å². The third-order valence-corrected chi connectivity index (χ3v) is 6.21. The van der Waals surface area contributed by atoms with Crippen molar-refractivity contribution in [3.8, 4) is 0 Å². The van der Waals surface area contributed by atoms with Crippen LogP contribution in [0.4, 0.5) is 0 Å². The fourth-order valence-electron chi connectivity index (χ4n) is 2.54. The zero-order valence-corrected chi connectivity index (χ0v) is 15.2. The minimum Gasteiger partial charge on any atom is -0.396 e. The largest absolute Gasteiger partial charge is 0.396 e. The number of benzene rings is 2. The second-order valence-electron chi connectivity index (χ2n) is 6.88. The van der Waals surface area contributed by atoms with Gasteiger partial charge in [0.05, 0.1) is 6.23 Å². The van der Waals surface area contributed by atoms with Gasteiger partial charge in [0.1, 0.15) is 0 Å². The third kappa shape index (κ3) is 5.09.